The van der Waals surface area contributed by atoms with E-state index >= 15 is 0 Å². The van der Waals surface area contributed by atoms with Crippen LogP contribution in [-0.2, 0) is 4.74 Å². The first-order chi connectivity index (χ1) is 7.93. The highest BCUT2D eigenvalue weighted by Gasteiger charge is 2.38. The average Bonchev–Trinajstić information content (AvgIpc) is 2.55. The molecule has 0 bridgehead atoms. The van der Waals surface area contributed by atoms with Gasteiger partial charge in [-0.25, -0.2) is 0 Å². The highest BCUT2D eigenvalue weighted by Crippen LogP contribution is 2.47. The second kappa shape index (κ2) is 5.83. The Bertz CT molecular complexity index is 302. The largest absolute Gasteiger partial charge is 0.396 e. The molecule has 0 spiro atoms. The number of aliphatic hydroxyl groups excluding tert-OH is 1. The Hall–Kier alpha value is -0.600. The lowest BCUT2D eigenvalue weighted by molar-refractivity contribution is 0.192. The van der Waals surface area contributed by atoms with E-state index in [-0.39, 0.29) is 12.0 Å². The molecule has 98 valence electrons. The van der Waals surface area contributed by atoms with Gasteiger partial charge < -0.3 is 9.84 Å². The summed E-state index contributed by atoms with van der Waals surface area (Å²) >= 11 is 0. The standard InChI is InChI=1S/C15H26O2/c1-11(9-16)8-12(2)14-7-6-13(10-17-5)15(14,3)4/h6,11,14,16H,2,7-10H2,1,3-5H3. The molecule has 0 aliphatic heterocycles. The molecule has 2 nitrogen and oxygen atoms in total. The zero-order chi connectivity index (χ0) is 13.1. The van der Waals surface area contributed by atoms with Crippen LogP contribution in [0.1, 0.15) is 33.6 Å². The summed E-state index contributed by atoms with van der Waals surface area (Å²) in [6, 6.07) is 0. The van der Waals surface area contributed by atoms with Crippen molar-refractivity contribution in [2.45, 2.75) is 33.6 Å². The molecular weight excluding hydrogens is 212 g/mol. The second-order valence-corrected chi connectivity index (χ2v) is 5.82. The average molecular weight is 238 g/mol. The van der Waals surface area contributed by atoms with Gasteiger partial charge in [0.05, 0.1) is 6.61 Å². The summed E-state index contributed by atoms with van der Waals surface area (Å²) in [4.78, 5) is 0. The van der Waals surface area contributed by atoms with Gasteiger partial charge in [-0.3, -0.25) is 0 Å². The Morgan fingerprint density at radius 1 is 1.65 bits per heavy atom. The minimum Gasteiger partial charge on any atom is -0.396 e. The van der Waals surface area contributed by atoms with E-state index in [1.165, 1.54) is 11.1 Å². The van der Waals surface area contributed by atoms with Gasteiger partial charge in [0.1, 0.15) is 0 Å². The maximum atomic E-state index is 9.12. The number of allylic oxidation sites excluding steroid dienone is 2. The number of hydrogen-bond acceptors (Lipinski definition) is 2. The molecule has 0 aromatic carbocycles. The van der Waals surface area contributed by atoms with Gasteiger partial charge in [-0.15, -0.1) is 0 Å². The van der Waals surface area contributed by atoms with E-state index in [2.05, 4.69) is 33.4 Å². The molecule has 2 unspecified atom stereocenters. The van der Waals surface area contributed by atoms with Crippen molar-refractivity contribution >= 4 is 0 Å². The fraction of sp³-hybridized carbons (Fsp3) is 0.733. The van der Waals surface area contributed by atoms with Crippen LogP contribution in [0.5, 0.6) is 0 Å². The van der Waals surface area contributed by atoms with Gasteiger partial charge in [0.25, 0.3) is 0 Å². The van der Waals surface area contributed by atoms with Crippen LogP contribution in [0.2, 0.25) is 0 Å². The monoisotopic (exact) mass is 238 g/mol. The van der Waals surface area contributed by atoms with Gasteiger partial charge in [-0.05, 0) is 35.7 Å². The zero-order valence-corrected chi connectivity index (χ0v) is 11.6. The van der Waals surface area contributed by atoms with E-state index in [9.17, 15) is 0 Å². The predicted octanol–water partition coefficient (Wildman–Crippen LogP) is 3.18. The number of hydrogen-bond donors (Lipinski definition) is 1. The molecule has 1 N–H and O–H groups in total. The summed E-state index contributed by atoms with van der Waals surface area (Å²) in [5.41, 5.74) is 2.78. The molecule has 1 aliphatic rings. The van der Waals surface area contributed by atoms with Crippen molar-refractivity contribution in [3.05, 3.63) is 23.8 Å². The molecule has 1 aliphatic carbocycles. The molecule has 0 aromatic rings. The summed E-state index contributed by atoms with van der Waals surface area (Å²) in [5.74, 6) is 0.798. The predicted molar refractivity (Wildman–Crippen MR) is 71.9 cm³/mol. The second-order valence-electron chi connectivity index (χ2n) is 5.82. The lowest BCUT2D eigenvalue weighted by Gasteiger charge is -2.33. The zero-order valence-electron chi connectivity index (χ0n) is 11.6. The third-order valence-electron chi connectivity index (χ3n) is 4.01. The van der Waals surface area contributed by atoms with Crippen LogP contribution in [0.15, 0.2) is 23.8 Å². The smallest absolute Gasteiger partial charge is 0.0678 e. The fourth-order valence-electron chi connectivity index (χ4n) is 2.77. The number of aliphatic hydroxyl groups is 1. The van der Waals surface area contributed by atoms with E-state index in [1.807, 2.05) is 0 Å². The van der Waals surface area contributed by atoms with Crippen molar-refractivity contribution in [2.24, 2.45) is 17.3 Å². The first-order valence-electron chi connectivity index (χ1n) is 6.40. The lowest BCUT2D eigenvalue weighted by Crippen LogP contribution is -2.25. The lowest BCUT2D eigenvalue weighted by atomic mass is 9.72. The molecule has 0 aromatic heterocycles. The number of rotatable bonds is 6. The highest BCUT2D eigenvalue weighted by atomic mass is 16.5. The molecule has 1 rings (SSSR count). The molecule has 2 atom stereocenters. The first kappa shape index (κ1) is 14.5. The molecule has 0 heterocycles. The maximum absolute atomic E-state index is 9.12. The minimum atomic E-state index is 0.141. The van der Waals surface area contributed by atoms with Crippen molar-refractivity contribution in [2.75, 3.05) is 20.3 Å². The SMILES string of the molecule is C=C(CC(C)CO)C1CC=C(COC)C1(C)C. The van der Waals surface area contributed by atoms with E-state index in [4.69, 9.17) is 9.84 Å². The summed E-state index contributed by atoms with van der Waals surface area (Å²) in [6.45, 7) is 11.8. The summed E-state index contributed by atoms with van der Waals surface area (Å²) in [6.07, 6.45) is 4.27. The van der Waals surface area contributed by atoms with Crippen molar-refractivity contribution in [1.82, 2.24) is 0 Å². The summed E-state index contributed by atoms with van der Waals surface area (Å²) in [5, 5.41) is 9.12. The Balaban J connectivity index is 2.66. The van der Waals surface area contributed by atoms with Gasteiger partial charge in [-0.1, -0.05) is 39.0 Å². The van der Waals surface area contributed by atoms with Crippen molar-refractivity contribution in [3.63, 3.8) is 0 Å². The number of methoxy groups -OCH3 is 1. The van der Waals surface area contributed by atoms with Crippen LogP contribution in [0.25, 0.3) is 0 Å². The van der Waals surface area contributed by atoms with Gasteiger partial charge >= 0.3 is 0 Å². The Kier molecular flexibility index (Phi) is 4.96. The molecule has 0 fully saturated rings. The molecule has 17 heavy (non-hydrogen) atoms. The van der Waals surface area contributed by atoms with Crippen molar-refractivity contribution in [1.29, 1.82) is 0 Å². The third-order valence-corrected chi connectivity index (χ3v) is 4.01. The third kappa shape index (κ3) is 3.20. The Labute approximate surface area is 105 Å². The van der Waals surface area contributed by atoms with Gasteiger partial charge in [0.15, 0.2) is 0 Å². The normalized spacial score (nSPS) is 24.5. The molecule has 2 heteroatoms. The van der Waals surface area contributed by atoms with Crippen LogP contribution in [0.3, 0.4) is 0 Å². The first-order valence-corrected chi connectivity index (χ1v) is 6.40. The van der Waals surface area contributed by atoms with Gasteiger partial charge in [0, 0.05) is 13.7 Å². The minimum absolute atomic E-state index is 0.141. The molecule has 0 saturated heterocycles. The molecule has 0 saturated carbocycles. The topological polar surface area (TPSA) is 29.5 Å². The van der Waals surface area contributed by atoms with Crippen LogP contribution in [0.4, 0.5) is 0 Å². The van der Waals surface area contributed by atoms with Crippen molar-refractivity contribution in [3.8, 4) is 0 Å². The fourth-order valence-corrected chi connectivity index (χ4v) is 2.77. The van der Waals surface area contributed by atoms with E-state index < -0.39 is 0 Å². The van der Waals surface area contributed by atoms with E-state index in [0.29, 0.717) is 18.4 Å². The van der Waals surface area contributed by atoms with Crippen LogP contribution >= 0.6 is 0 Å². The maximum Gasteiger partial charge on any atom is 0.0678 e. The quantitative estimate of drug-likeness (QED) is 0.720. The van der Waals surface area contributed by atoms with Crippen molar-refractivity contribution < 1.29 is 9.84 Å². The molecule has 0 radical (unpaired) electrons. The highest BCUT2D eigenvalue weighted by molar-refractivity contribution is 5.27. The summed E-state index contributed by atoms with van der Waals surface area (Å²) in [7, 11) is 1.74. The summed E-state index contributed by atoms with van der Waals surface area (Å²) < 4.78 is 5.25. The molecule has 0 amide bonds. The number of ether oxygens (including phenoxy) is 1. The van der Waals surface area contributed by atoms with Gasteiger partial charge in [0.2, 0.25) is 0 Å². The van der Waals surface area contributed by atoms with Crippen LogP contribution < -0.4 is 0 Å². The Morgan fingerprint density at radius 2 is 2.29 bits per heavy atom. The van der Waals surface area contributed by atoms with Crippen LogP contribution in [0, 0.1) is 17.3 Å². The van der Waals surface area contributed by atoms with E-state index in [1.54, 1.807) is 7.11 Å². The van der Waals surface area contributed by atoms with E-state index in [0.717, 1.165) is 12.8 Å². The Morgan fingerprint density at radius 3 is 2.82 bits per heavy atom. The molecular formula is C15H26O2. The van der Waals surface area contributed by atoms with Gasteiger partial charge in [-0.2, -0.15) is 0 Å². The van der Waals surface area contributed by atoms with Crippen LogP contribution in [-0.4, -0.2) is 25.4 Å².